The van der Waals surface area contributed by atoms with E-state index >= 15 is 0 Å². The van der Waals surface area contributed by atoms with Crippen LogP contribution in [-0.4, -0.2) is 36.6 Å². The molecule has 0 saturated heterocycles. The lowest BCUT2D eigenvalue weighted by atomic mass is 10.2. The number of hydrazone groups is 1. The second-order valence-corrected chi connectivity index (χ2v) is 4.51. The molecule has 0 spiro atoms. The number of ether oxygens (including phenoxy) is 2. The molecule has 2 aromatic rings. The van der Waals surface area contributed by atoms with Gasteiger partial charge in [-0.3, -0.25) is 4.79 Å². The number of amides is 1. The molecule has 120 valence electrons. The number of phenols is 2. The maximum atomic E-state index is 12.0. The number of nitrogens with one attached hydrogen (secondary N) is 1. The fourth-order valence-electron chi connectivity index (χ4n) is 1.81. The number of methoxy groups -OCH3 is 2. The highest BCUT2D eigenvalue weighted by Gasteiger charge is 2.09. The van der Waals surface area contributed by atoms with Crippen molar-refractivity contribution >= 4 is 12.1 Å². The molecule has 0 aliphatic carbocycles. The second kappa shape index (κ2) is 7.17. The smallest absolute Gasteiger partial charge is 0.271 e. The van der Waals surface area contributed by atoms with Gasteiger partial charge in [-0.1, -0.05) is 0 Å². The van der Waals surface area contributed by atoms with Crippen LogP contribution in [0.3, 0.4) is 0 Å². The average Bonchev–Trinajstić information content (AvgIpc) is 2.56. The summed E-state index contributed by atoms with van der Waals surface area (Å²) < 4.78 is 9.98. The van der Waals surface area contributed by atoms with Crippen molar-refractivity contribution in [2.24, 2.45) is 5.10 Å². The lowest BCUT2D eigenvalue weighted by Gasteiger charge is -2.06. The lowest BCUT2D eigenvalue weighted by Crippen LogP contribution is -2.17. The van der Waals surface area contributed by atoms with Crippen molar-refractivity contribution in [1.82, 2.24) is 5.43 Å². The van der Waals surface area contributed by atoms with Crippen LogP contribution in [0.5, 0.6) is 23.0 Å². The van der Waals surface area contributed by atoms with Gasteiger partial charge in [0.1, 0.15) is 11.5 Å². The van der Waals surface area contributed by atoms with Crippen molar-refractivity contribution in [3.8, 4) is 23.0 Å². The van der Waals surface area contributed by atoms with E-state index in [1.807, 2.05) is 0 Å². The van der Waals surface area contributed by atoms with Gasteiger partial charge in [0.15, 0.2) is 11.5 Å². The number of hydrogen-bond donors (Lipinski definition) is 3. The SMILES string of the molecule is COc1ccc(O)c(/C=N/NC(=O)c2ccc(O)c(OC)c2)c1. The van der Waals surface area contributed by atoms with E-state index in [-0.39, 0.29) is 22.8 Å². The topological polar surface area (TPSA) is 100 Å². The minimum Gasteiger partial charge on any atom is -0.507 e. The van der Waals surface area contributed by atoms with Crippen LogP contribution in [0.2, 0.25) is 0 Å². The first-order valence-electron chi connectivity index (χ1n) is 6.62. The molecule has 7 heteroatoms. The van der Waals surface area contributed by atoms with Gasteiger partial charge in [0.2, 0.25) is 0 Å². The molecule has 0 atom stereocenters. The molecule has 2 rings (SSSR count). The van der Waals surface area contributed by atoms with Gasteiger partial charge in [-0.05, 0) is 36.4 Å². The van der Waals surface area contributed by atoms with E-state index in [1.165, 1.54) is 44.7 Å². The Morgan fingerprint density at radius 2 is 1.83 bits per heavy atom. The van der Waals surface area contributed by atoms with E-state index in [0.717, 1.165) is 0 Å². The van der Waals surface area contributed by atoms with Gasteiger partial charge in [-0.15, -0.1) is 0 Å². The number of rotatable bonds is 5. The summed E-state index contributed by atoms with van der Waals surface area (Å²) in [6.45, 7) is 0. The minimum absolute atomic E-state index is 0.00935. The standard InChI is InChI=1S/C16H16N2O5/c1-22-12-4-6-13(19)11(7-12)9-17-18-16(21)10-3-5-14(20)15(8-10)23-2/h3-9,19-20H,1-2H3,(H,18,21)/b17-9+. The average molecular weight is 316 g/mol. The number of nitrogens with zero attached hydrogens (tertiary/aromatic N) is 1. The molecule has 0 unspecified atom stereocenters. The van der Waals surface area contributed by atoms with Crippen molar-refractivity contribution in [2.45, 2.75) is 0 Å². The van der Waals surface area contributed by atoms with Crippen molar-refractivity contribution in [1.29, 1.82) is 0 Å². The summed E-state index contributed by atoms with van der Waals surface area (Å²) in [6.07, 6.45) is 1.30. The first-order chi connectivity index (χ1) is 11.0. The summed E-state index contributed by atoms with van der Waals surface area (Å²) >= 11 is 0. The molecular weight excluding hydrogens is 300 g/mol. The Balaban J connectivity index is 2.09. The number of benzene rings is 2. The van der Waals surface area contributed by atoms with Crippen LogP contribution >= 0.6 is 0 Å². The normalized spacial score (nSPS) is 10.5. The molecule has 0 aromatic heterocycles. The van der Waals surface area contributed by atoms with Gasteiger partial charge in [-0.2, -0.15) is 5.10 Å². The molecule has 7 nitrogen and oxygen atoms in total. The summed E-state index contributed by atoms with van der Waals surface area (Å²) in [6, 6.07) is 8.83. The van der Waals surface area contributed by atoms with Crippen LogP contribution in [-0.2, 0) is 0 Å². The third-order valence-electron chi connectivity index (χ3n) is 3.05. The first kappa shape index (κ1) is 16.2. The van der Waals surface area contributed by atoms with Crippen LogP contribution in [0.4, 0.5) is 0 Å². The predicted molar refractivity (Wildman–Crippen MR) is 84.4 cm³/mol. The highest BCUT2D eigenvalue weighted by atomic mass is 16.5. The summed E-state index contributed by atoms with van der Waals surface area (Å²) in [7, 11) is 2.90. The van der Waals surface area contributed by atoms with Gasteiger partial charge < -0.3 is 19.7 Å². The van der Waals surface area contributed by atoms with Crippen molar-refractivity contribution in [2.75, 3.05) is 14.2 Å². The zero-order chi connectivity index (χ0) is 16.8. The lowest BCUT2D eigenvalue weighted by molar-refractivity contribution is 0.0954. The summed E-state index contributed by atoms with van der Waals surface area (Å²) in [5, 5.41) is 23.0. The van der Waals surface area contributed by atoms with E-state index in [4.69, 9.17) is 9.47 Å². The largest absolute Gasteiger partial charge is 0.507 e. The monoisotopic (exact) mass is 316 g/mol. The van der Waals surface area contributed by atoms with Crippen LogP contribution < -0.4 is 14.9 Å². The maximum absolute atomic E-state index is 12.0. The molecule has 3 N–H and O–H groups in total. The Morgan fingerprint density at radius 3 is 2.52 bits per heavy atom. The molecule has 1 amide bonds. The first-order valence-corrected chi connectivity index (χ1v) is 6.62. The van der Waals surface area contributed by atoms with E-state index in [9.17, 15) is 15.0 Å². The third-order valence-corrected chi connectivity index (χ3v) is 3.05. The Kier molecular flexibility index (Phi) is 5.03. The Labute approximate surface area is 132 Å². The zero-order valence-electron chi connectivity index (χ0n) is 12.6. The fraction of sp³-hybridized carbons (Fsp3) is 0.125. The molecule has 0 heterocycles. The number of aromatic hydroxyl groups is 2. The van der Waals surface area contributed by atoms with Crippen molar-refractivity contribution in [3.05, 3.63) is 47.5 Å². The maximum Gasteiger partial charge on any atom is 0.271 e. The minimum atomic E-state index is -0.484. The molecular formula is C16H16N2O5. The molecule has 0 aliphatic rings. The molecule has 2 aromatic carbocycles. The zero-order valence-corrected chi connectivity index (χ0v) is 12.6. The molecule has 0 aliphatic heterocycles. The highest BCUT2D eigenvalue weighted by Crippen LogP contribution is 2.26. The van der Waals surface area contributed by atoms with Gasteiger partial charge in [0, 0.05) is 11.1 Å². The second-order valence-electron chi connectivity index (χ2n) is 4.51. The molecule has 0 radical (unpaired) electrons. The van der Waals surface area contributed by atoms with E-state index < -0.39 is 5.91 Å². The Morgan fingerprint density at radius 1 is 1.09 bits per heavy atom. The fourth-order valence-corrected chi connectivity index (χ4v) is 1.81. The van der Waals surface area contributed by atoms with Crippen LogP contribution in [0.1, 0.15) is 15.9 Å². The van der Waals surface area contributed by atoms with Crippen molar-refractivity contribution in [3.63, 3.8) is 0 Å². The Bertz CT molecular complexity index is 743. The number of carbonyl (C=O) groups is 1. The molecule has 0 saturated carbocycles. The summed E-state index contributed by atoms with van der Waals surface area (Å²) in [5.74, 6) is 0.205. The summed E-state index contributed by atoms with van der Waals surface area (Å²) in [5.41, 5.74) is 2.99. The van der Waals surface area contributed by atoms with Crippen molar-refractivity contribution < 1.29 is 24.5 Å². The van der Waals surface area contributed by atoms with Crippen LogP contribution in [0.25, 0.3) is 0 Å². The third kappa shape index (κ3) is 3.91. The van der Waals surface area contributed by atoms with Gasteiger partial charge >= 0.3 is 0 Å². The van der Waals surface area contributed by atoms with Gasteiger partial charge in [0.25, 0.3) is 5.91 Å². The quantitative estimate of drug-likeness (QED) is 0.577. The predicted octanol–water partition coefficient (Wildman–Crippen LogP) is 1.88. The number of hydrogen-bond acceptors (Lipinski definition) is 6. The van der Waals surface area contributed by atoms with E-state index in [1.54, 1.807) is 12.1 Å². The van der Waals surface area contributed by atoms with E-state index in [2.05, 4.69) is 10.5 Å². The van der Waals surface area contributed by atoms with Crippen LogP contribution in [0, 0.1) is 0 Å². The number of carbonyl (C=O) groups excluding carboxylic acids is 1. The highest BCUT2D eigenvalue weighted by molar-refractivity contribution is 5.95. The van der Waals surface area contributed by atoms with Crippen LogP contribution in [0.15, 0.2) is 41.5 Å². The van der Waals surface area contributed by atoms with Gasteiger partial charge in [0.05, 0.1) is 20.4 Å². The molecule has 23 heavy (non-hydrogen) atoms. The molecule has 0 bridgehead atoms. The van der Waals surface area contributed by atoms with E-state index in [0.29, 0.717) is 11.3 Å². The Hall–Kier alpha value is -3.22. The number of phenolic OH excluding ortho intramolecular Hbond substituents is 2. The molecule has 0 fully saturated rings. The summed E-state index contributed by atoms with van der Waals surface area (Å²) in [4.78, 5) is 12.0. The van der Waals surface area contributed by atoms with Gasteiger partial charge in [-0.25, -0.2) is 5.43 Å².